The van der Waals surface area contributed by atoms with Gasteiger partial charge in [-0.25, -0.2) is 4.98 Å². The van der Waals surface area contributed by atoms with Crippen LogP contribution in [0.1, 0.15) is 32.3 Å². The van der Waals surface area contributed by atoms with E-state index in [1.54, 1.807) is 12.3 Å². The van der Waals surface area contributed by atoms with Crippen LogP contribution in [0.3, 0.4) is 0 Å². The molecule has 1 fully saturated rings. The van der Waals surface area contributed by atoms with Gasteiger partial charge in [-0.15, -0.1) is 6.42 Å². The van der Waals surface area contributed by atoms with E-state index in [1.807, 2.05) is 24.8 Å². The number of carbonyl (C=O) groups is 1. The average Bonchev–Trinajstić information content (AvgIpc) is 2.46. The van der Waals surface area contributed by atoms with Crippen molar-refractivity contribution in [1.82, 2.24) is 4.98 Å². The quantitative estimate of drug-likeness (QED) is 0.559. The number of esters is 1. The lowest BCUT2D eigenvalue weighted by atomic mass is 10.2. The van der Waals surface area contributed by atoms with E-state index in [9.17, 15) is 4.79 Å². The van der Waals surface area contributed by atoms with Crippen LogP contribution in [0.25, 0.3) is 0 Å². The summed E-state index contributed by atoms with van der Waals surface area (Å²) >= 11 is 0. The highest BCUT2D eigenvalue weighted by atomic mass is 16.6. The molecule has 18 heavy (non-hydrogen) atoms. The highest BCUT2D eigenvalue weighted by Crippen LogP contribution is 2.29. The first-order valence-electron chi connectivity index (χ1n) is 5.96. The van der Waals surface area contributed by atoms with Gasteiger partial charge in [-0.05, 0) is 32.4 Å². The second kappa shape index (κ2) is 4.69. The molecule has 2 rings (SSSR count). The van der Waals surface area contributed by atoms with Crippen molar-refractivity contribution in [2.45, 2.75) is 32.4 Å². The van der Waals surface area contributed by atoms with Gasteiger partial charge < -0.3 is 9.64 Å². The van der Waals surface area contributed by atoms with Crippen LogP contribution in [0.2, 0.25) is 0 Å². The largest absolute Gasteiger partial charge is 0.439 e. The van der Waals surface area contributed by atoms with Crippen molar-refractivity contribution in [3.63, 3.8) is 0 Å². The molecule has 1 aromatic heterocycles. The minimum atomic E-state index is -0.729. The Morgan fingerprint density at radius 3 is 3.06 bits per heavy atom. The summed E-state index contributed by atoms with van der Waals surface area (Å²) in [7, 11) is 0. The van der Waals surface area contributed by atoms with Gasteiger partial charge in [0.2, 0.25) is 0 Å². The van der Waals surface area contributed by atoms with Gasteiger partial charge >= 0.3 is 5.97 Å². The van der Waals surface area contributed by atoms with E-state index >= 15 is 0 Å². The molecule has 0 unspecified atom stereocenters. The first-order chi connectivity index (χ1) is 8.54. The number of hydrogen-bond donors (Lipinski definition) is 0. The lowest BCUT2D eigenvalue weighted by Crippen LogP contribution is -2.47. The molecule has 4 nitrogen and oxygen atoms in total. The lowest BCUT2D eigenvalue weighted by Gasteiger charge is -2.37. The average molecular weight is 244 g/mol. The summed E-state index contributed by atoms with van der Waals surface area (Å²) in [4.78, 5) is 17.8. The molecule has 0 radical (unpaired) electrons. The summed E-state index contributed by atoms with van der Waals surface area (Å²) in [6.07, 6.45) is 8.35. The minimum absolute atomic E-state index is 0.180. The highest BCUT2D eigenvalue weighted by molar-refractivity contribution is 5.71. The van der Waals surface area contributed by atoms with Gasteiger partial charge in [-0.1, -0.05) is 5.92 Å². The number of nitrogens with zero attached hydrogens (tertiary/aromatic N) is 2. The van der Waals surface area contributed by atoms with Crippen molar-refractivity contribution >= 4 is 11.8 Å². The van der Waals surface area contributed by atoms with E-state index in [1.165, 1.54) is 0 Å². The number of rotatable bonds is 1. The number of cyclic esters (lactones) is 1. The van der Waals surface area contributed by atoms with Crippen molar-refractivity contribution in [3.8, 4) is 12.3 Å². The minimum Gasteiger partial charge on any atom is -0.439 e. The molecule has 0 spiro atoms. The molecular weight excluding hydrogens is 228 g/mol. The van der Waals surface area contributed by atoms with Crippen LogP contribution >= 0.6 is 0 Å². The highest BCUT2D eigenvalue weighted by Gasteiger charge is 2.35. The molecule has 0 aliphatic carbocycles. The second-order valence-corrected chi connectivity index (χ2v) is 4.69. The molecule has 1 saturated heterocycles. The first-order valence-corrected chi connectivity index (χ1v) is 5.96. The molecule has 2 heterocycles. The molecule has 4 heteroatoms. The number of carbonyl (C=O) groups excluding carboxylic acids is 1. The van der Waals surface area contributed by atoms with Gasteiger partial charge in [0.1, 0.15) is 5.82 Å². The van der Waals surface area contributed by atoms with Crippen molar-refractivity contribution in [3.05, 3.63) is 23.9 Å². The molecule has 1 aliphatic rings. The topological polar surface area (TPSA) is 42.4 Å². The Hall–Kier alpha value is -2.02. The molecule has 0 N–H and O–H groups in total. The third kappa shape index (κ3) is 2.30. The number of ether oxygens (including phenoxy) is 1. The lowest BCUT2D eigenvalue weighted by molar-refractivity contribution is -0.154. The second-order valence-electron chi connectivity index (χ2n) is 4.69. The summed E-state index contributed by atoms with van der Waals surface area (Å²) in [6, 6.07) is 3.64. The van der Waals surface area contributed by atoms with Crippen LogP contribution in [0.5, 0.6) is 0 Å². The molecule has 1 aliphatic heterocycles. The Bertz CT molecular complexity index is 503. The van der Waals surface area contributed by atoms with Crippen molar-refractivity contribution in [1.29, 1.82) is 0 Å². The zero-order valence-corrected chi connectivity index (χ0v) is 10.6. The third-order valence-corrected chi connectivity index (χ3v) is 2.97. The van der Waals surface area contributed by atoms with E-state index in [4.69, 9.17) is 11.2 Å². The maximum Gasteiger partial charge on any atom is 0.307 e. The molecular formula is C14H16N2O2. The van der Waals surface area contributed by atoms with Crippen molar-refractivity contribution < 1.29 is 9.53 Å². The predicted molar refractivity (Wildman–Crippen MR) is 68.9 cm³/mol. The number of aromatic nitrogens is 1. The number of pyridine rings is 1. The van der Waals surface area contributed by atoms with Crippen LogP contribution < -0.4 is 4.90 Å². The fourth-order valence-corrected chi connectivity index (χ4v) is 2.12. The van der Waals surface area contributed by atoms with Gasteiger partial charge in [-0.2, -0.15) is 0 Å². The van der Waals surface area contributed by atoms with E-state index in [0.29, 0.717) is 24.3 Å². The van der Waals surface area contributed by atoms with E-state index in [0.717, 1.165) is 6.42 Å². The monoisotopic (exact) mass is 244 g/mol. The van der Waals surface area contributed by atoms with Gasteiger partial charge in [0.05, 0.1) is 5.56 Å². The van der Waals surface area contributed by atoms with Crippen LogP contribution in [-0.4, -0.2) is 23.2 Å². The molecule has 0 atom stereocenters. The summed E-state index contributed by atoms with van der Waals surface area (Å²) < 4.78 is 5.44. The molecule has 94 valence electrons. The third-order valence-electron chi connectivity index (χ3n) is 2.97. The van der Waals surface area contributed by atoms with Gasteiger partial charge in [0, 0.05) is 19.2 Å². The van der Waals surface area contributed by atoms with Gasteiger partial charge in [-0.3, -0.25) is 4.79 Å². The fourth-order valence-electron chi connectivity index (χ4n) is 2.12. The first kappa shape index (κ1) is 12.4. The maximum absolute atomic E-state index is 11.5. The van der Waals surface area contributed by atoms with E-state index in [-0.39, 0.29) is 5.97 Å². The molecule has 0 aromatic carbocycles. The summed E-state index contributed by atoms with van der Waals surface area (Å²) in [6.45, 7) is 4.40. The molecule has 0 bridgehead atoms. The standard InChI is InChI=1S/C14H16N2O2/c1-4-11-7-5-9-15-13(11)16-10-6-8-12(17)18-14(16,2)3/h1,5,7,9H,6,8,10H2,2-3H3. The smallest absolute Gasteiger partial charge is 0.307 e. The van der Waals surface area contributed by atoms with Crippen LogP contribution in [0.4, 0.5) is 5.82 Å². The van der Waals surface area contributed by atoms with Crippen LogP contribution in [0, 0.1) is 12.3 Å². The summed E-state index contributed by atoms with van der Waals surface area (Å²) in [5.41, 5.74) is -0.0170. The van der Waals surface area contributed by atoms with Gasteiger partial charge in [0.15, 0.2) is 5.72 Å². The normalized spacial score (nSPS) is 18.7. The molecule has 0 saturated carbocycles. The SMILES string of the molecule is C#Cc1cccnc1N1CCCC(=O)OC1(C)C. The number of terminal acetylenes is 1. The predicted octanol–water partition coefficient (Wildman–Crippen LogP) is 1.94. The Kier molecular flexibility index (Phi) is 3.24. The van der Waals surface area contributed by atoms with Crippen LogP contribution in [0.15, 0.2) is 18.3 Å². The Labute approximate surface area is 107 Å². The van der Waals surface area contributed by atoms with E-state index < -0.39 is 5.72 Å². The number of hydrogen-bond acceptors (Lipinski definition) is 4. The Morgan fingerprint density at radius 2 is 2.33 bits per heavy atom. The number of anilines is 1. The zero-order valence-electron chi connectivity index (χ0n) is 10.6. The van der Waals surface area contributed by atoms with Crippen molar-refractivity contribution in [2.24, 2.45) is 0 Å². The van der Waals surface area contributed by atoms with Crippen molar-refractivity contribution in [2.75, 3.05) is 11.4 Å². The Balaban J connectivity index is 2.42. The maximum atomic E-state index is 11.5. The Morgan fingerprint density at radius 1 is 1.56 bits per heavy atom. The van der Waals surface area contributed by atoms with Gasteiger partial charge in [0.25, 0.3) is 0 Å². The molecule has 1 aromatic rings. The summed E-state index contributed by atoms with van der Waals surface area (Å²) in [5.74, 6) is 3.13. The zero-order chi connectivity index (χ0) is 13.2. The fraction of sp³-hybridized carbons (Fsp3) is 0.429. The summed E-state index contributed by atoms with van der Waals surface area (Å²) in [5, 5.41) is 0. The van der Waals surface area contributed by atoms with Crippen LogP contribution in [-0.2, 0) is 9.53 Å². The molecule has 0 amide bonds. The van der Waals surface area contributed by atoms with E-state index in [2.05, 4.69) is 10.9 Å².